The molecule has 2 rings (SSSR count). The number of benzene rings is 2. The van der Waals surface area contributed by atoms with E-state index in [1.807, 2.05) is 42.5 Å². The zero-order valence-corrected chi connectivity index (χ0v) is 12.5. The summed E-state index contributed by atoms with van der Waals surface area (Å²) in [4.78, 5) is 0. The van der Waals surface area contributed by atoms with Crippen LogP contribution in [0.1, 0.15) is 36.5 Å². The van der Waals surface area contributed by atoms with Crippen LogP contribution in [0.3, 0.4) is 0 Å². The zero-order valence-electron chi connectivity index (χ0n) is 12.5. The zero-order chi connectivity index (χ0) is 15.1. The first-order valence-electron chi connectivity index (χ1n) is 7.11. The average molecular weight is 280 g/mol. The van der Waals surface area contributed by atoms with Crippen LogP contribution in [0.15, 0.2) is 48.5 Å². The van der Waals surface area contributed by atoms with Gasteiger partial charge in [0.25, 0.3) is 0 Å². The number of aliphatic hydroxyl groups excluding tert-OH is 1. The highest BCUT2D eigenvalue weighted by Gasteiger charge is 2.07. The molecule has 0 aliphatic heterocycles. The standard InChI is InChI=1S/C19H20O2/c1-15(2)18-11-5-6-12-19(18)21-14-17-9-4-3-8-16(17)10-7-13-20/h3-6,8-9,11-12,15,20H,13-14H2,1-2H3. The van der Waals surface area contributed by atoms with Gasteiger partial charge in [-0.15, -0.1) is 0 Å². The predicted molar refractivity (Wildman–Crippen MR) is 85.3 cm³/mol. The van der Waals surface area contributed by atoms with E-state index in [0.29, 0.717) is 12.5 Å². The summed E-state index contributed by atoms with van der Waals surface area (Å²) in [6.45, 7) is 4.65. The molecule has 0 radical (unpaired) electrons. The summed E-state index contributed by atoms with van der Waals surface area (Å²) in [6.07, 6.45) is 0. The van der Waals surface area contributed by atoms with Gasteiger partial charge in [-0.25, -0.2) is 0 Å². The molecule has 2 nitrogen and oxygen atoms in total. The van der Waals surface area contributed by atoms with Crippen molar-refractivity contribution in [3.63, 3.8) is 0 Å². The molecule has 0 atom stereocenters. The molecule has 21 heavy (non-hydrogen) atoms. The molecule has 0 aliphatic carbocycles. The number of hydrogen-bond donors (Lipinski definition) is 1. The van der Waals surface area contributed by atoms with Gasteiger partial charge in [-0.3, -0.25) is 0 Å². The molecule has 0 aromatic heterocycles. The molecular weight excluding hydrogens is 260 g/mol. The van der Waals surface area contributed by atoms with Crippen molar-refractivity contribution in [1.82, 2.24) is 0 Å². The van der Waals surface area contributed by atoms with Crippen LogP contribution in [0.2, 0.25) is 0 Å². The van der Waals surface area contributed by atoms with E-state index in [0.717, 1.165) is 16.9 Å². The Morgan fingerprint density at radius 2 is 1.76 bits per heavy atom. The van der Waals surface area contributed by atoms with Gasteiger partial charge in [-0.1, -0.05) is 62.1 Å². The van der Waals surface area contributed by atoms with Crippen LogP contribution in [0, 0.1) is 11.8 Å². The molecule has 0 spiro atoms. The van der Waals surface area contributed by atoms with E-state index in [4.69, 9.17) is 9.84 Å². The monoisotopic (exact) mass is 280 g/mol. The van der Waals surface area contributed by atoms with Gasteiger partial charge in [0.05, 0.1) is 0 Å². The Morgan fingerprint density at radius 3 is 2.52 bits per heavy atom. The summed E-state index contributed by atoms with van der Waals surface area (Å²) in [6, 6.07) is 16.0. The maximum Gasteiger partial charge on any atom is 0.123 e. The van der Waals surface area contributed by atoms with E-state index in [2.05, 4.69) is 31.8 Å². The molecule has 2 aromatic carbocycles. The minimum absolute atomic E-state index is 0.134. The average Bonchev–Trinajstić information content (AvgIpc) is 2.52. The minimum atomic E-state index is -0.134. The van der Waals surface area contributed by atoms with Gasteiger partial charge in [0.2, 0.25) is 0 Å². The Balaban J connectivity index is 2.17. The lowest BCUT2D eigenvalue weighted by Crippen LogP contribution is -2.01. The summed E-state index contributed by atoms with van der Waals surface area (Å²) < 4.78 is 5.97. The molecule has 108 valence electrons. The maximum absolute atomic E-state index is 8.82. The normalized spacial score (nSPS) is 10.1. The number of aliphatic hydroxyl groups is 1. The van der Waals surface area contributed by atoms with Crippen LogP contribution in [-0.4, -0.2) is 11.7 Å². The van der Waals surface area contributed by atoms with Gasteiger partial charge in [0, 0.05) is 11.1 Å². The first-order valence-corrected chi connectivity index (χ1v) is 7.11. The van der Waals surface area contributed by atoms with Crippen LogP contribution in [0.5, 0.6) is 5.75 Å². The first kappa shape index (κ1) is 15.2. The second-order valence-electron chi connectivity index (χ2n) is 5.10. The highest BCUT2D eigenvalue weighted by atomic mass is 16.5. The summed E-state index contributed by atoms with van der Waals surface area (Å²) in [5.41, 5.74) is 3.13. The van der Waals surface area contributed by atoms with Crippen LogP contribution in [0.4, 0.5) is 0 Å². The highest BCUT2D eigenvalue weighted by Crippen LogP contribution is 2.26. The van der Waals surface area contributed by atoms with Crippen LogP contribution < -0.4 is 4.74 Å². The van der Waals surface area contributed by atoms with Crippen molar-refractivity contribution < 1.29 is 9.84 Å². The van der Waals surface area contributed by atoms with E-state index < -0.39 is 0 Å². The van der Waals surface area contributed by atoms with Crippen molar-refractivity contribution in [3.05, 3.63) is 65.2 Å². The van der Waals surface area contributed by atoms with E-state index in [-0.39, 0.29) is 6.61 Å². The van der Waals surface area contributed by atoms with E-state index in [1.54, 1.807) is 0 Å². The third-order valence-electron chi connectivity index (χ3n) is 3.24. The lowest BCUT2D eigenvalue weighted by Gasteiger charge is -2.14. The van der Waals surface area contributed by atoms with Gasteiger partial charge in [0.15, 0.2) is 0 Å². The summed E-state index contributed by atoms with van der Waals surface area (Å²) >= 11 is 0. The SMILES string of the molecule is CC(C)c1ccccc1OCc1ccccc1C#CCO. The molecular formula is C19H20O2. The Bertz CT molecular complexity index is 648. The summed E-state index contributed by atoms with van der Waals surface area (Å²) in [5, 5.41) is 8.82. The molecule has 0 unspecified atom stereocenters. The fourth-order valence-corrected chi connectivity index (χ4v) is 2.15. The second-order valence-corrected chi connectivity index (χ2v) is 5.10. The molecule has 0 aliphatic rings. The van der Waals surface area contributed by atoms with Gasteiger partial charge >= 0.3 is 0 Å². The topological polar surface area (TPSA) is 29.5 Å². The van der Waals surface area contributed by atoms with Crippen molar-refractivity contribution in [2.75, 3.05) is 6.61 Å². The van der Waals surface area contributed by atoms with Gasteiger partial charge in [0.1, 0.15) is 19.0 Å². The van der Waals surface area contributed by atoms with E-state index >= 15 is 0 Å². The van der Waals surface area contributed by atoms with Crippen LogP contribution in [0.25, 0.3) is 0 Å². The molecule has 2 aromatic rings. The Kier molecular flexibility index (Phi) is 5.43. The second kappa shape index (κ2) is 7.52. The van der Waals surface area contributed by atoms with Crippen molar-refractivity contribution in [3.8, 4) is 17.6 Å². The van der Waals surface area contributed by atoms with E-state index in [1.165, 1.54) is 5.56 Å². The van der Waals surface area contributed by atoms with Crippen molar-refractivity contribution in [2.24, 2.45) is 0 Å². The lowest BCUT2D eigenvalue weighted by atomic mass is 10.0. The highest BCUT2D eigenvalue weighted by molar-refractivity contribution is 5.42. The first-order chi connectivity index (χ1) is 10.2. The van der Waals surface area contributed by atoms with E-state index in [9.17, 15) is 0 Å². The number of hydrogen-bond acceptors (Lipinski definition) is 2. The molecule has 0 saturated heterocycles. The van der Waals surface area contributed by atoms with Crippen molar-refractivity contribution in [1.29, 1.82) is 0 Å². The predicted octanol–water partition coefficient (Wildman–Crippen LogP) is 3.73. The molecule has 1 N–H and O–H groups in total. The molecule has 0 fully saturated rings. The number of rotatable bonds is 4. The summed E-state index contributed by atoms with van der Waals surface area (Å²) in [7, 11) is 0. The lowest BCUT2D eigenvalue weighted by molar-refractivity contribution is 0.301. The maximum atomic E-state index is 8.82. The van der Waals surface area contributed by atoms with Gasteiger partial charge in [-0.2, -0.15) is 0 Å². The quantitative estimate of drug-likeness (QED) is 0.865. The molecule has 0 amide bonds. The smallest absolute Gasteiger partial charge is 0.123 e. The third-order valence-corrected chi connectivity index (χ3v) is 3.24. The van der Waals surface area contributed by atoms with Gasteiger partial charge < -0.3 is 9.84 Å². The molecule has 0 saturated carbocycles. The fourth-order valence-electron chi connectivity index (χ4n) is 2.15. The summed E-state index contributed by atoms with van der Waals surface area (Å²) in [5.74, 6) is 6.98. The van der Waals surface area contributed by atoms with Crippen molar-refractivity contribution >= 4 is 0 Å². The number of para-hydroxylation sites is 1. The van der Waals surface area contributed by atoms with Crippen LogP contribution >= 0.6 is 0 Å². The Morgan fingerprint density at radius 1 is 1.05 bits per heavy atom. The molecule has 0 bridgehead atoms. The minimum Gasteiger partial charge on any atom is -0.489 e. The van der Waals surface area contributed by atoms with Crippen molar-refractivity contribution in [2.45, 2.75) is 26.4 Å². The molecule has 2 heteroatoms. The fraction of sp³-hybridized carbons (Fsp3) is 0.263. The van der Waals surface area contributed by atoms with Gasteiger partial charge in [-0.05, 0) is 23.6 Å². The number of ether oxygens (including phenoxy) is 1. The largest absolute Gasteiger partial charge is 0.489 e. The Labute approximate surface area is 126 Å². The Hall–Kier alpha value is -2.24. The third kappa shape index (κ3) is 4.11. The van der Waals surface area contributed by atoms with Crippen LogP contribution in [-0.2, 0) is 6.61 Å². The molecule has 0 heterocycles.